The molecular formula is C64H52FIrN3O-2. The number of nitrogens with zero attached hydrogens (tertiary/aromatic N) is 3. The SMILES string of the molecule is CC(C)(C)c1ccnc(-c2[c-]cc(F)cc2)c1.CC(C)c1cc(-c2ccccc2)cc(C(C)C)c1-n1c(-c2[c-]ccc3c2oc2cc4c(ccc5ccccc54)cc23)nc2ccc3ccccc3c21.[Ir]. The van der Waals surface area contributed by atoms with E-state index in [4.69, 9.17) is 9.40 Å². The second-order valence-electron chi connectivity index (χ2n) is 19.8. The monoisotopic (exact) mass is 1090 g/mol. The number of fused-ring (bicyclic) bond motifs is 9. The first-order chi connectivity index (χ1) is 33.4. The van der Waals surface area contributed by atoms with Gasteiger partial charge in [0.15, 0.2) is 0 Å². The molecule has 6 heteroatoms. The number of imidazole rings is 1. The molecule has 0 aliphatic heterocycles. The van der Waals surface area contributed by atoms with Gasteiger partial charge in [-0.25, -0.2) is 0 Å². The van der Waals surface area contributed by atoms with Crippen LogP contribution < -0.4 is 0 Å². The minimum absolute atomic E-state index is 0. The summed E-state index contributed by atoms with van der Waals surface area (Å²) in [6.07, 6.45) is 1.78. The predicted molar refractivity (Wildman–Crippen MR) is 286 cm³/mol. The molecule has 0 aliphatic carbocycles. The first-order valence-electron chi connectivity index (χ1n) is 23.9. The molecule has 0 spiro atoms. The van der Waals surface area contributed by atoms with Gasteiger partial charge in [0.05, 0.1) is 22.4 Å². The largest absolute Gasteiger partial charge is 0.501 e. The van der Waals surface area contributed by atoms with Gasteiger partial charge in [0.1, 0.15) is 5.58 Å². The Balaban J connectivity index is 0.000000268. The Labute approximate surface area is 422 Å². The van der Waals surface area contributed by atoms with Crippen molar-refractivity contribution in [1.82, 2.24) is 14.5 Å². The van der Waals surface area contributed by atoms with E-state index in [1.165, 1.54) is 78.0 Å². The summed E-state index contributed by atoms with van der Waals surface area (Å²) >= 11 is 0. The molecule has 4 nitrogen and oxygen atoms in total. The van der Waals surface area contributed by atoms with Crippen molar-refractivity contribution >= 4 is 65.3 Å². The Hall–Kier alpha value is -7.24. The van der Waals surface area contributed by atoms with Crippen molar-refractivity contribution in [2.75, 3.05) is 0 Å². The van der Waals surface area contributed by atoms with Gasteiger partial charge < -0.3 is 14.0 Å². The summed E-state index contributed by atoms with van der Waals surface area (Å²) in [6.45, 7) is 15.7. The first kappa shape index (κ1) is 46.5. The van der Waals surface area contributed by atoms with Crippen LogP contribution in [0, 0.1) is 17.9 Å². The normalized spacial score (nSPS) is 11.9. The number of hydrogen-bond donors (Lipinski definition) is 0. The maximum Gasteiger partial charge on any atom is 0.121 e. The molecular weight excluding hydrogens is 1040 g/mol. The van der Waals surface area contributed by atoms with Crippen molar-refractivity contribution < 1.29 is 28.9 Å². The van der Waals surface area contributed by atoms with E-state index in [0.29, 0.717) is 0 Å². The van der Waals surface area contributed by atoms with Gasteiger partial charge in [-0.15, -0.1) is 48.0 Å². The van der Waals surface area contributed by atoms with E-state index in [-0.39, 0.29) is 43.2 Å². The summed E-state index contributed by atoms with van der Waals surface area (Å²) in [5.74, 6) is 1.07. The molecule has 70 heavy (non-hydrogen) atoms. The van der Waals surface area contributed by atoms with Gasteiger partial charge in [-0.1, -0.05) is 163 Å². The van der Waals surface area contributed by atoms with E-state index in [9.17, 15) is 4.39 Å². The maximum atomic E-state index is 12.8. The average molecular weight is 1090 g/mol. The number of furan rings is 1. The molecule has 347 valence electrons. The Morgan fingerprint density at radius 2 is 1.27 bits per heavy atom. The Morgan fingerprint density at radius 3 is 1.97 bits per heavy atom. The molecule has 12 rings (SSSR count). The van der Waals surface area contributed by atoms with Gasteiger partial charge in [0, 0.05) is 48.6 Å². The molecule has 3 heterocycles. The van der Waals surface area contributed by atoms with Gasteiger partial charge in [-0.3, -0.25) is 9.37 Å². The standard InChI is InChI=1S/C49H37N2O.C15H15FN.Ir/c1-29(2)40-26-35(31-13-6-5-7-14-31)27-41(30(3)4)46(40)51-47-37-18-11-9-16-33(37)23-24-44(47)50-49(51)39-20-12-19-38-43-25-34-22-21-32-15-8-10-17-36(32)42(34)28-45(43)52-48(38)39;1-15(2,3)12-8-9-17-14(10-12)11-4-6-13(16)7-5-11;/h5-19,21-30H,1-4H3;4,6-10H,1-3H3;/q2*-1;. The molecule has 9 aromatic carbocycles. The van der Waals surface area contributed by atoms with Crippen LogP contribution >= 0.6 is 0 Å². The molecule has 0 atom stereocenters. The zero-order valence-electron chi connectivity index (χ0n) is 40.4. The smallest absolute Gasteiger partial charge is 0.121 e. The molecule has 1 radical (unpaired) electrons. The van der Waals surface area contributed by atoms with Crippen LogP contribution in [-0.4, -0.2) is 14.5 Å². The Morgan fingerprint density at radius 1 is 0.600 bits per heavy atom. The third-order valence-corrected chi connectivity index (χ3v) is 13.5. The Kier molecular flexibility index (Phi) is 12.3. The van der Waals surface area contributed by atoms with Crippen LogP contribution in [0.1, 0.15) is 77.0 Å². The van der Waals surface area contributed by atoms with E-state index in [2.05, 4.69) is 204 Å². The zero-order valence-corrected chi connectivity index (χ0v) is 42.8. The third-order valence-electron chi connectivity index (χ3n) is 13.5. The fourth-order valence-corrected chi connectivity index (χ4v) is 9.86. The van der Waals surface area contributed by atoms with Crippen molar-refractivity contribution in [2.24, 2.45) is 0 Å². The number of benzene rings is 9. The fourth-order valence-electron chi connectivity index (χ4n) is 9.86. The van der Waals surface area contributed by atoms with E-state index < -0.39 is 0 Å². The van der Waals surface area contributed by atoms with Crippen LogP contribution in [0.2, 0.25) is 0 Å². The third kappa shape index (κ3) is 8.40. The molecule has 0 aliphatic rings. The van der Waals surface area contributed by atoms with Crippen LogP contribution in [0.3, 0.4) is 0 Å². The molecule has 0 unspecified atom stereocenters. The van der Waals surface area contributed by atoms with Crippen LogP contribution in [-0.2, 0) is 25.5 Å². The number of rotatable bonds is 6. The van der Waals surface area contributed by atoms with Crippen molar-refractivity contribution in [3.63, 3.8) is 0 Å². The molecule has 0 amide bonds. The zero-order chi connectivity index (χ0) is 47.6. The fraction of sp³-hybridized carbons (Fsp3) is 0.156. The molecule has 0 saturated heterocycles. The average Bonchev–Trinajstić information content (AvgIpc) is 3.94. The molecule has 0 fully saturated rings. The van der Waals surface area contributed by atoms with Gasteiger partial charge in [-0.05, 0) is 114 Å². The first-order valence-corrected chi connectivity index (χ1v) is 23.9. The van der Waals surface area contributed by atoms with E-state index in [1.807, 2.05) is 18.2 Å². The van der Waals surface area contributed by atoms with Crippen molar-refractivity contribution in [3.8, 4) is 39.5 Å². The van der Waals surface area contributed by atoms with Crippen molar-refractivity contribution in [2.45, 2.75) is 65.7 Å². The molecule has 0 N–H and O–H groups in total. The molecule has 0 bridgehead atoms. The topological polar surface area (TPSA) is 43.9 Å². The van der Waals surface area contributed by atoms with Gasteiger partial charge in [0.25, 0.3) is 0 Å². The van der Waals surface area contributed by atoms with Gasteiger partial charge in [0.2, 0.25) is 0 Å². The Bertz CT molecular complexity index is 3870. The minimum Gasteiger partial charge on any atom is -0.501 e. The second-order valence-corrected chi connectivity index (χ2v) is 19.8. The maximum absolute atomic E-state index is 12.8. The number of hydrogen-bond acceptors (Lipinski definition) is 3. The van der Waals surface area contributed by atoms with Crippen LogP contribution in [0.15, 0.2) is 180 Å². The van der Waals surface area contributed by atoms with E-state index >= 15 is 0 Å². The van der Waals surface area contributed by atoms with Crippen molar-refractivity contribution in [3.05, 3.63) is 211 Å². The molecule has 3 aromatic heterocycles. The molecule has 12 aromatic rings. The van der Waals surface area contributed by atoms with Gasteiger partial charge in [-0.2, -0.15) is 0 Å². The summed E-state index contributed by atoms with van der Waals surface area (Å²) in [6, 6.07) is 65.2. The molecule has 0 saturated carbocycles. The number of aromatic nitrogens is 3. The summed E-state index contributed by atoms with van der Waals surface area (Å²) in [5.41, 5.74) is 13.7. The summed E-state index contributed by atoms with van der Waals surface area (Å²) in [4.78, 5) is 9.78. The second kappa shape index (κ2) is 18.6. The number of pyridine rings is 1. The summed E-state index contributed by atoms with van der Waals surface area (Å²) in [5, 5.41) is 9.36. The van der Waals surface area contributed by atoms with Crippen LogP contribution in [0.5, 0.6) is 0 Å². The minimum atomic E-state index is -0.277. The van der Waals surface area contributed by atoms with Crippen molar-refractivity contribution in [1.29, 1.82) is 0 Å². The summed E-state index contributed by atoms with van der Waals surface area (Å²) in [7, 11) is 0. The summed E-state index contributed by atoms with van der Waals surface area (Å²) < 4.78 is 22.2. The number of halogens is 1. The predicted octanol–water partition coefficient (Wildman–Crippen LogP) is 17.7. The van der Waals surface area contributed by atoms with Gasteiger partial charge >= 0.3 is 0 Å². The van der Waals surface area contributed by atoms with E-state index in [0.717, 1.165) is 55.6 Å². The van der Waals surface area contributed by atoms with Crippen LogP contribution in [0.4, 0.5) is 4.39 Å². The van der Waals surface area contributed by atoms with E-state index in [1.54, 1.807) is 12.3 Å². The quantitative estimate of drug-likeness (QED) is 0.123. The van der Waals surface area contributed by atoms with Crippen LogP contribution in [0.25, 0.3) is 105 Å².